The maximum absolute atomic E-state index is 12.5. The van der Waals surface area contributed by atoms with Gasteiger partial charge in [-0.2, -0.15) is 0 Å². The second-order valence-electron chi connectivity index (χ2n) is 6.80. The molecule has 0 radical (unpaired) electrons. The van der Waals surface area contributed by atoms with Crippen molar-refractivity contribution in [2.45, 2.75) is 39.5 Å². The Morgan fingerprint density at radius 1 is 0.750 bits per heavy atom. The van der Waals surface area contributed by atoms with Gasteiger partial charge in [0.2, 0.25) is 0 Å². The minimum atomic E-state index is -0.405. The van der Waals surface area contributed by atoms with E-state index >= 15 is 0 Å². The normalized spacial score (nSPS) is 12.8. The van der Waals surface area contributed by atoms with E-state index in [9.17, 15) is 9.59 Å². The van der Waals surface area contributed by atoms with Crippen LogP contribution in [0.3, 0.4) is 0 Å². The number of hydrogen-bond acceptors (Lipinski definition) is 5. The zero-order chi connectivity index (χ0) is 20.1. The molecule has 1 aliphatic carbocycles. The fourth-order valence-corrected chi connectivity index (χ4v) is 3.60. The van der Waals surface area contributed by atoms with E-state index in [1.807, 2.05) is 18.2 Å². The second-order valence-corrected chi connectivity index (χ2v) is 6.80. The Balaban J connectivity index is 2.07. The molecule has 0 atom stereocenters. The molecule has 148 valence electrons. The summed E-state index contributed by atoms with van der Waals surface area (Å²) in [6.45, 7) is 4.12. The van der Waals surface area contributed by atoms with Crippen LogP contribution in [0.2, 0.25) is 0 Å². The summed E-state index contributed by atoms with van der Waals surface area (Å²) in [5, 5.41) is 0. The van der Waals surface area contributed by atoms with Gasteiger partial charge in [-0.3, -0.25) is 0 Å². The van der Waals surface area contributed by atoms with E-state index in [-0.39, 0.29) is 13.2 Å². The number of fused-ring (bicyclic) bond motifs is 4. The molecular weight excluding hydrogens is 356 g/mol. The summed E-state index contributed by atoms with van der Waals surface area (Å²) in [5.74, 6) is 0.0175. The van der Waals surface area contributed by atoms with Crippen molar-refractivity contribution < 1.29 is 23.8 Å². The number of aryl methyl sites for hydroxylation is 4. The van der Waals surface area contributed by atoms with Crippen LogP contribution in [0.1, 0.15) is 56.8 Å². The Morgan fingerprint density at radius 3 is 1.68 bits per heavy atom. The van der Waals surface area contributed by atoms with E-state index < -0.39 is 11.9 Å². The average Bonchev–Trinajstić information content (AvgIpc) is 2.70. The van der Waals surface area contributed by atoms with E-state index in [0.29, 0.717) is 24.0 Å². The molecule has 3 rings (SSSR count). The molecule has 0 saturated heterocycles. The highest BCUT2D eigenvalue weighted by Crippen LogP contribution is 2.26. The third-order valence-corrected chi connectivity index (χ3v) is 4.95. The molecule has 0 spiro atoms. The van der Waals surface area contributed by atoms with Gasteiger partial charge in [-0.15, -0.1) is 0 Å². The van der Waals surface area contributed by atoms with Gasteiger partial charge in [0.15, 0.2) is 0 Å². The van der Waals surface area contributed by atoms with Crippen LogP contribution in [0.5, 0.6) is 5.75 Å². The van der Waals surface area contributed by atoms with Gasteiger partial charge in [0.25, 0.3) is 0 Å². The zero-order valence-corrected chi connectivity index (χ0v) is 16.7. The quantitative estimate of drug-likeness (QED) is 0.733. The highest BCUT2D eigenvalue weighted by Gasteiger charge is 2.22. The molecule has 28 heavy (non-hydrogen) atoms. The van der Waals surface area contributed by atoms with Gasteiger partial charge in [-0.1, -0.05) is 12.1 Å². The Labute approximate surface area is 165 Å². The molecular formula is C23H26O5. The molecule has 5 nitrogen and oxygen atoms in total. The van der Waals surface area contributed by atoms with Crippen molar-refractivity contribution in [2.75, 3.05) is 20.3 Å². The Bertz CT molecular complexity index is 821. The first-order chi connectivity index (χ1) is 13.5. The van der Waals surface area contributed by atoms with Crippen LogP contribution in [-0.2, 0) is 35.2 Å². The summed E-state index contributed by atoms with van der Waals surface area (Å²) in [4.78, 5) is 25.1. The second kappa shape index (κ2) is 8.91. The molecule has 0 amide bonds. The van der Waals surface area contributed by atoms with E-state index in [2.05, 4.69) is 6.07 Å². The fourth-order valence-electron chi connectivity index (χ4n) is 3.60. The van der Waals surface area contributed by atoms with Crippen LogP contribution >= 0.6 is 0 Å². The lowest BCUT2D eigenvalue weighted by Gasteiger charge is -2.18. The maximum Gasteiger partial charge on any atom is 0.338 e. The van der Waals surface area contributed by atoms with Crippen LogP contribution in [0, 0.1) is 0 Å². The van der Waals surface area contributed by atoms with Crippen molar-refractivity contribution in [2.24, 2.45) is 0 Å². The third-order valence-electron chi connectivity index (χ3n) is 4.95. The van der Waals surface area contributed by atoms with Crippen LogP contribution in [0.15, 0.2) is 30.3 Å². The Hall–Kier alpha value is -2.82. The number of rotatable bonds is 5. The minimum Gasteiger partial charge on any atom is -0.497 e. The number of benzene rings is 2. The third kappa shape index (κ3) is 4.35. The number of carbonyl (C=O) groups excluding carboxylic acids is 2. The van der Waals surface area contributed by atoms with Crippen molar-refractivity contribution in [1.82, 2.24) is 0 Å². The van der Waals surface area contributed by atoms with Crippen LogP contribution < -0.4 is 4.74 Å². The predicted octanol–water partition coefficient (Wildman–Crippen LogP) is 3.93. The van der Waals surface area contributed by atoms with Crippen molar-refractivity contribution in [3.63, 3.8) is 0 Å². The smallest absolute Gasteiger partial charge is 0.338 e. The molecule has 1 aliphatic rings. The first kappa shape index (κ1) is 19.9. The van der Waals surface area contributed by atoms with Gasteiger partial charge in [0.1, 0.15) is 5.75 Å². The Morgan fingerprint density at radius 2 is 1.25 bits per heavy atom. The zero-order valence-electron chi connectivity index (χ0n) is 16.7. The summed E-state index contributed by atoms with van der Waals surface area (Å²) in [7, 11) is 1.66. The molecule has 2 aromatic rings. The van der Waals surface area contributed by atoms with Gasteiger partial charge in [-0.05, 0) is 80.0 Å². The summed E-state index contributed by atoms with van der Waals surface area (Å²) in [5.41, 5.74) is 5.01. The largest absolute Gasteiger partial charge is 0.497 e. The Kier molecular flexibility index (Phi) is 6.34. The molecule has 0 aliphatic heterocycles. The molecule has 2 aromatic carbocycles. The monoisotopic (exact) mass is 382 g/mol. The van der Waals surface area contributed by atoms with Crippen LogP contribution in [0.25, 0.3) is 0 Å². The lowest BCUT2D eigenvalue weighted by Crippen LogP contribution is -2.16. The van der Waals surface area contributed by atoms with Gasteiger partial charge < -0.3 is 14.2 Å². The van der Waals surface area contributed by atoms with Crippen molar-refractivity contribution in [1.29, 1.82) is 0 Å². The minimum absolute atomic E-state index is 0.286. The number of hydrogen-bond donors (Lipinski definition) is 0. The first-order valence-electron chi connectivity index (χ1n) is 9.72. The van der Waals surface area contributed by atoms with E-state index in [4.69, 9.17) is 14.2 Å². The summed E-state index contributed by atoms with van der Waals surface area (Å²) in [6.07, 6.45) is 2.90. The van der Waals surface area contributed by atoms with Crippen molar-refractivity contribution >= 4 is 11.9 Å². The average molecular weight is 382 g/mol. The highest BCUT2D eigenvalue weighted by atomic mass is 16.5. The van der Waals surface area contributed by atoms with Crippen molar-refractivity contribution in [3.8, 4) is 5.75 Å². The standard InChI is InChI=1S/C23H26O5/c1-4-27-22(24)20-14-21(23(25)28-5-2)18-9-7-16-10-15(6-8-17(20)13-18)11-19(12-16)26-3/h10-14H,4-9H2,1-3H3. The van der Waals surface area contributed by atoms with Crippen LogP contribution in [-0.4, -0.2) is 32.3 Å². The molecule has 0 N–H and O–H groups in total. The van der Waals surface area contributed by atoms with E-state index in [1.165, 1.54) is 11.1 Å². The molecule has 5 heteroatoms. The predicted molar refractivity (Wildman–Crippen MR) is 106 cm³/mol. The van der Waals surface area contributed by atoms with E-state index in [0.717, 1.165) is 29.7 Å². The molecule has 0 saturated carbocycles. The highest BCUT2D eigenvalue weighted by molar-refractivity contribution is 5.97. The fraction of sp³-hybridized carbons (Fsp3) is 0.391. The number of methoxy groups -OCH3 is 1. The molecule has 0 unspecified atom stereocenters. The lowest BCUT2D eigenvalue weighted by atomic mass is 9.89. The van der Waals surface area contributed by atoms with Crippen LogP contribution in [0.4, 0.5) is 0 Å². The van der Waals surface area contributed by atoms with Crippen molar-refractivity contribution in [3.05, 3.63) is 63.7 Å². The van der Waals surface area contributed by atoms with Gasteiger partial charge in [0, 0.05) is 0 Å². The molecule has 0 heterocycles. The molecule has 0 aromatic heterocycles. The van der Waals surface area contributed by atoms with Gasteiger partial charge >= 0.3 is 11.9 Å². The lowest BCUT2D eigenvalue weighted by molar-refractivity contribution is 0.0523. The van der Waals surface area contributed by atoms with Gasteiger partial charge in [-0.25, -0.2) is 9.59 Å². The molecule has 4 bridgehead atoms. The summed E-state index contributed by atoms with van der Waals surface area (Å²) >= 11 is 0. The topological polar surface area (TPSA) is 61.8 Å². The summed E-state index contributed by atoms with van der Waals surface area (Å²) < 4.78 is 15.9. The number of ether oxygens (including phenoxy) is 3. The SMILES string of the molecule is CCOC(=O)c1cc(C(=O)OCC)c2cc1CCc1cc(cc(OC)c1)CC2. The van der Waals surface area contributed by atoms with E-state index in [1.54, 1.807) is 27.0 Å². The maximum atomic E-state index is 12.5. The molecule has 0 fully saturated rings. The van der Waals surface area contributed by atoms with Gasteiger partial charge in [0.05, 0.1) is 31.5 Å². The number of esters is 2. The number of carbonyl (C=O) groups is 2. The first-order valence-corrected chi connectivity index (χ1v) is 9.72. The summed E-state index contributed by atoms with van der Waals surface area (Å²) in [6, 6.07) is 9.85.